The maximum absolute atomic E-state index is 12.9. The lowest BCUT2D eigenvalue weighted by atomic mass is 10.2. The quantitative estimate of drug-likeness (QED) is 0.487. The smallest absolute Gasteiger partial charge is 0.416 e. The Hall–Kier alpha value is -3.33. The van der Waals surface area contributed by atoms with Gasteiger partial charge in [0.1, 0.15) is 5.52 Å². The molecular weight excluding hydrogens is 405 g/mol. The molecule has 0 aliphatic heterocycles. The van der Waals surface area contributed by atoms with Crippen molar-refractivity contribution < 1.29 is 26.0 Å². The van der Waals surface area contributed by atoms with Crippen molar-refractivity contribution in [2.75, 3.05) is 4.72 Å². The minimum atomic E-state index is -4.64. The largest absolute Gasteiger partial charge is 0.436 e. The summed E-state index contributed by atoms with van der Waals surface area (Å²) in [7, 11) is -4.22. The van der Waals surface area contributed by atoms with Crippen molar-refractivity contribution in [3.05, 3.63) is 78.4 Å². The second kappa shape index (κ2) is 6.93. The van der Waals surface area contributed by atoms with E-state index in [1.54, 1.807) is 6.07 Å². The monoisotopic (exact) mass is 418 g/mol. The van der Waals surface area contributed by atoms with E-state index in [0.717, 1.165) is 23.8 Å². The van der Waals surface area contributed by atoms with Gasteiger partial charge in [-0.1, -0.05) is 24.3 Å². The standard InChI is InChI=1S/C20H13F3N2O3S/c21-20(22,23)14-7-4-8-16(11-14)29(26,27)25-15-9-10-18-17(12-15)24-19(28-18)13-5-2-1-3-6-13/h1-12,25H. The Morgan fingerprint density at radius 2 is 1.66 bits per heavy atom. The van der Waals surface area contributed by atoms with Crippen LogP contribution in [-0.4, -0.2) is 13.4 Å². The summed E-state index contributed by atoms with van der Waals surface area (Å²) in [6.07, 6.45) is -4.64. The van der Waals surface area contributed by atoms with E-state index in [1.807, 2.05) is 30.3 Å². The zero-order valence-corrected chi connectivity index (χ0v) is 15.5. The van der Waals surface area contributed by atoms with Crippen LogP contribution in [0.2, 0.25) is 0 Å². The van der Waals surface area contributed by atoms with Crippen molar-refractivity contribution in [2.45, 2.75) is 11.1 Å². The van der Waals surface area contributed by atoms with E-state index in [-0.39, 0.29) is 5.69 Å². The predicted octanol–water partition coefficient (Wildman–Crippen LogP) is 5.31. The molecule has 4 rings (SSSR count). The lowest BCUT2D eigenvalue weighted by Crippen LogP contribution is -2.14. The van der Waals surface area contributed by atoms with Crippen molar-refractivity contribution >= 4 is 26.8 Å². The SMILES string of the molecule is O=S(=O)(Nc1ccc2oc(-c3ccccc3)nc2c1)c1cccc(C(F)(F)F)c1. The van der Waals surface area contributed by atoms with Gasteiger partial charge in [-0.2, -0.15) is 13.2 Å². The van der Waals surface area contributed by atoms with Gasteiger partial charge in [0.25, 0.3) is 10.0 Å². The fourth-order valence-electron chi connectivity index (χ4n) is 2.75. The van der Waals surface area contributed by atoms with E-state index in [2.05, 4.69) is 9.71 Å². The third kappa shape index (κ3) is 3.95. The number of aromatic nitrogens is 1. The molecule has 0 saturated heterocycles. The Labute approximate surface area is 163 Å². The molecule has 0 aliphatic rings. The first kappa shape index (κ1) is 19.0. The summed E-state index contributed by atoms with van der Waals surface area (Å²) in [5.74, 6) is 0.374. The maximum atomic E-state index is 12.9. The molecule has 4 aromatic rings. The first-order chi connectivity index (χ1) is 13.7. The molecule has 0 saturated carbocycles. The number of rotatable bonds is 4. The molecule has 0 radical (unpaired) electrons. The molecule has 0 spiro atoms. The Balaban J connectivity index is 1.65. The second-order valence-electron chi connectivity index (χ2n) is 6.20. The molecule has 148 valence electrons. The van der Waals surface area contributed by atoms with Gasteiger partial charge < -0.3 is 4.42 Å². The number of alkyl halides is 3. The number of hydrogen-bond acceptors (Lipinski definition) is 4. The van der Waals surface area contributed by atoms with Crippen LogP contribution in [0.5, 0.6) is 0 Å². The number of anilines is 1. The summed E-state index contributed by atoms with van der Waals surface area (Å²) in [4.78, 5) is 3.85. The Morgan fingerprint density at radius 3 is 2.38 bits per heavy atom. The van der Waals surface area contributed by atoms with Gasteiger partial charge in [-0.3, -0.25) is 4.72 Å². The van der Waals surface area contributed by atoms with Crippen LogP contribution in [0.3, 0.4) is 0 Å². The van der Waals surface area contributed by atoms with Gasteiger partial charge in [-0.15, -0.1) is 0 Å². The van der Waals surface area contributed by atoms with E-state index >= 15 is 0 Å². The van der Waals surface area contributed by atoms with Crippen LogP contribution in [0.15, 0.2) is 82.1 Å². The molecule has 9 heteroatoms. The number of hydrogen-bond donors (Lipinski definition) is 1. The van der Waals surface area contributed by atoms with Crippen molar-refractivity contribution in [3.8, 4) is 11.5 Å². The first-order valence-electron chi connectivity index (χ1n) is 8.38. The Morgan fingerprint density at radius 1 is 0.897 bits per heavy atom. The molecule has 5 nitrogen and oxygen atoms in total. The van der Waals surface area contributed by atoms with Crippen LogP contribution in [-0.2, 0) is 16.2 Å². The number of oxazole rings is 1. The van der Waals surface area contributed by atoms with Crippen LogP contribution in [0.1, 0.15) is 5.56 Å². The third-order valence-corrected chi connectivity index (χ3v) is 5.51. The molecule has 3 aromatic carbocycles. The van der Waals surface area contributed by atoms with Gasteiger partial charge in [-0.25, -0.2) is 13.4 Å². The molecule has 0 atom stereocenters. The number of nitrogens with one attached hydrogen (secondary N) is 1. The molecule has 1 aromatic heterocycles. The normalized spacial score (nSPS) is 12.2. The first-order valence-corrected chi connectivity index (χ1v) is 9.87. The zero-order valence-electron chi connectivity index (χ0n) is 14.6. The fraction of sp³-hybridized carbons (Fsp3) is 0.0500. The molecular formula is C20H13F3N2O3S. The second-order valence-corrected chi connectivity index (χ2v) is 7.88. The Kier molecular flexibility index (Phi) is 4.54. The summed E-state index contributed by atoms with van der Waals surface area (Å²) in [6, 6.07) is 17.1. The minimum absolute atomic E-state index is 0.155. The molecule has 1 heterocycles. The van der Waals surface area contributed by atoms with E-state index in [4.69, 9.17) is 4.42 Å². The van der Waals surface area contributed by atoms with Gasteiger partial charge in [0.05, 0.1) is 16.1 Å². The summed E-state index contributed by atoms with van der Waals surface area (Å²) < 4.78 is 71.6. The van der Waals surface area contributed by atoms with Crippen molar-refractivity contribution in [3.63, 3.8) is 0 Å². The van der Waals surface area contributed by atoms with Crippen LogP contribution in [0, 0.1) is 0 Å². The fourth-order valence-corrected chi connectivity index (χ4v) is 3.84. The number of nitrogens with zero attached hydrogens (tertiary/aromatic N) is 1. The van der Waals surface area contributed by atoms with Gasteiger partial charge in [0.15, 0.2) is 5.58 Å². The summed E-state index contributed by atoms with van der Waals surface area (Å²) in [5.41, 5.74) is 0.733. The minimum Gasteiger partial charge on any atom is -0.436 e. The molecule has 1 N–H and O–H groups in total. The van der Waals surface area contributed by atoms with E-state index in [9.17, 15) is 21.6 Å². The summed E-state index contributed by atoms with van der Waals surface area (Å²) >= 11 is 0. The van der Waals surface area contributed by atoms with Gasteiger partial charge in [0, 0.05) is 5.56 Å². The highest BCUT2D eigenvalue weighted by Gasteiger charge is 2.31. The molecule has 0 unspecified atom stereocenters. The highest BCUT2D eigenvalue weighted by Crippen LogP contribution is 2.31. The highest BCUT2D eigenvalue weighted by molar-refractivity contribution is 7.92. The van der Waals surface area contributed by atoms with Crippen LogP contribution >= 0.6 is 0 Å². The van der Waals surface area contributed by atoms with Crippen LogP contribution < -0.4 is 4.72 Å². The average molecular weight is 418 g/mol. The Bertz CT molecular complexity index is 1280. The van der Waals surface area contributed by atoms with Gasteiger partial charge in [0.2, 0.25) is 5.89 Å². The lowest BCUT2D eigenvalue weighted by Gasteiger charge is -2.11. The molecule has 29 heavy (non-hydrogen) atoms. The van der Waals surface area contributed by atoms with E-state index in [1.165, 1.54) is 12.1 Å². The predicted molar refractivity (Wildman–Crippen MR) is 102 cm³/mol. The zero-order chi connectivity index (χ0) is 20.6. The van der Waals surface area contributed by atoms with E-state index < -0.39 is 26.7 Å². The number of fused-ring (bicyclic) bond motifs is 1. The van der Waals surface area contributed by atoms with Gasteiger partial charge in [-0.05, 0) is 48.5 Å². The lowest BCUT2D eigenvalue weighted by molar-refractivity contribution is -0.137. The topological polar surface area (TPSA) is 72.2 Å². The van der Waals surface area contributed by atoms with Crippen molar-refractivity contribution in [1.82, 2.24) is 4.98 Å². The summed E-state index contributed by atoms with van der Waals surface area (Å²) in [6.45, 7) is 0. The highest BCUT2D eigenvalue weighted by atomic mass is 32.2. The average Bonchev–Trinajstić information content (AvgIpc) is 3.11. The number of benzene rings is 3. The van der Waals surface area contributed by atoms with Crippen molar-refractivity contribution in [1.29, 1.82) is 0 Å². The molecule has 0 fully saturated rings. The van der Waals surface area contributed by atoms with Crippen molar-refractivity contribution in [2.24, 2.45) is 0 Å². The molecule has 0 bridgehead atoms. The number of halogens is 3. The number of sulfonamides is 1. The molecule has 0 amide bonds. The molecule has 0 aliphatic carbocycles. The van der Waals surface area contributed by atoms with Gasteiger partial charge >= 0.3 is 6.18 Å². The maximum Gasteiger partial charge on any atom is 0.416 e. The van der Waals surface area contributed by atoms with Crippen LogP contribution in [0.25, 0.3) is 22.6 Å². The third-order valence-electron chi connectivity index (χ3n) is 4.13. The van der Waals surface area contributed by atoms with E-state index in [0.29, 0.717) is 23.1 Å². The van der Waals surface area contributed by atoms with Crippen LogP contribution in [0.4, 0.5) is 18.9 Å². The summed E-state index contributed by atoms with van der Waals surface area (Å²) in [5, 5.41) is 0.